The van der Waals surface area contributed by atoms with E-state index >= 15 is 0 Å². The number of hydrogen-bond donors (Lipinski definition) is 2. The summed E-state index contributed by atoms with van der Waals surface area (Å²) in [5, 5.41) is 16.1. The number of nitro groups is 1. The summed E-state index contributed by atoms with van der Waals surface area (Å²) in [5.41, 5.74) is 3.61. The van der Waals surface area contributed by atoms with Crippen LogP contribution in [0.5, 0.6) is 0 Å². The van der Waals surface area contributed by atoms with Gasteiger partial charge in [0.1, 0.15) is 5.65 Å². The van der Waals surface area contributed by atoms with Crippen molar-refractivity contribution in [2.24, 2.45) is 0 Å². The molecule has 0 aliphatic carbocycles. The number of hydrogen-bond acceptors (Lipinski definition) is 4. The SMILES string of the molecule is O=[N+]([O-])c1ccc2[nH]c3nccc(NCc4cccc(Br)c4)c3c2c1. The number of pyridine rings is 1. The number of rotatable bonds is 4. The maximum atomic E-state index is 11.1. The van der Waals surface area contributed by atoms with Crippen molar-refractivity contribution >= 4 is 49.2 Å². The Bertz CT molecular complexity index is 1110. The van der Waals surface area contributed by atoms with Gasteiger partial charge in [-0.3, -0.25) is 10.1 Å². The van der Waals surface area contributed by atoms with E-state index in [1.54, 1.807) is 18.3 Å². The highest BCUT2D eigenvalue weighted by Gasteiger charge is 2.14. The Hall–Kier alpha value is -2.93. The second-order valence-corrected chi connectivity index (χ2v) is 6.59. The van der Waals surface area contributed by atoms with Crippen molar-refractivity contribution in [2.45, 2.75) is 6.54 Å². The average molecular weight is 397 g/mol. The van der Waals surface area contributed by atoms with Crippen LogP contribution in [0.1, 0.15) is 5.56 Å². The number of aromatic amines is 1. The minimum Gasteiger partial charge on any atom is -0.380 e. The molecule has 7 heteroatoms. The highest BCUT2D eigenvalue weighted by atomic mass is 79.9. The minimum atomic E-state index is -0.386. The van der Waals surface area contributed by atoms with Crippen LogP contribution in [0.25, 0.3) is 21.9 Å². The van der Waals surface area contributed by atoms with E-state index in [2.05, 4.69) is 31.2 Å². The smallest absolute Gasteiger partial charge is 0.270 e. The molecule has 0 saturated heterocycles. The lowest BCUT2D eigenvalue weighted by Gasteiger charge is -2.08. The molecule has 0 atom stereocenters. The van der Waals surface area contributed by atoms with Crippen molar-refractivity contribution in [1.82, 2.24) is 9.97 Å². The van der Waals surface area contributed by atoms with E-state index in [1.165, 1.54) is 6.07 Å². The molecular weight excluding hydrogens is 384 g/mol. The fraction of sp³-hybridized carbons (Fsp3) is 0.0556. The summed E-state index contributed by atoms with van der Waals surface area (Å²) in [7, 11) is 0. The van der Waals surface area contributed by atoms with E-state index in [1.807, 2.05) is 30.3 Å². The molecule has 2 heterocycles. The first-order chi connectivity index (χ1) is 12.1. The minimum absolute atomic E-state index is 0.0650. The summed E-state index contributed by atoms with van der Waals surface area (Å²) in [6, 6.07) is 14.7. The molecule has 2 aromatic heterocycles. The fourth-order valence-corrected chi connectivity index (χ4v) is 3.36. The van der Waals surface area contributed by atoms with Crippen LogP contribution in [-0.2, 0) is 6.54 Å². The average Bonchev–Trinajstić information content (AvgIpc) is 2.98. The van der Waals surface area contributed by atoms with Crippen LogP contribution >= 0.6 is 15.9 Å². The second kappa shape index (κ2) is 6.18. The first kappa shape index (κ1) is 15.6. The molecule has 0 radical (unpaired) electrons. The van der Waals surface area contributed by atoms with Crippen LogP contribution in [0.3, 0.4) is 0 Å². The summed E-state index contributed by atoms with van der Waals surface area (Å²) in [4.78, 5) is 18.3. The van der Waals surface area contributed by atoms with Crippen molar-refractivity contribution in [1.29, 1.82) is 0 Å². The van der Waals surface area contributed by atoms with Gasteiger partial charge < -0.3 is 10.3 Å². The highest BCUT2D eigenvalue weighted by molar-refractivity contribution is 9.10. The first-order valence-electron chi connectivity index (χ1n) is 7.65. The van der Waals surface area contributed by atoms with Crippen molar-refractivity contribution in [3.63, 3.8) is 0 Å². The van der Waals surface area contributed by atoms with Gasteiger partial charge in [-0.25, -0.2) is 4.98 Å². The number of aromatic nitrogens is 2. The zero-order chi connectivity index (χ0) is 17.4. The number of non-ortho nitro benzene ring substituents is 1. The number of H-pyrrole nitrogens is 1. The van der Waals surface area contributed by atoms with E-state index < -0.39 is 0 Å². The highest BCUT2D eigenvalue weighted by Crippen LogP contribution is 2.32. The van der Waals surface area contributed by atoms with Gasteiger partial charge in [0.25, 0.3) is 5.69 Å². The number of nitrogens with one attached hydrogen (secondary N) is 2. The molecule has 25 heavy (non-hydrogen) atoms. The van der Waals surface area contributed by atoms with E-state index in [-0.39, 0.29) is 10.6 Å². The van der Waals surface area contributed by atoms with Crippen molar-refractivity contribution in [3.8, 4) is 0 Å². The van der Waals surface area contributed by atoms with E-state index in [0.29, 0.717) is 12.2 Å². The fourth-order valence-electron chi connectivity index (χ4n) is 2.91. The summed E-state index contributed by atoms with van der Waals surface area (Å²) >= 11 is 3.47. The lowest BCUT2D eigenvalue weighted by Crippen LogP contribution is -2.00. The number of anilines is 1. The second-order valence-electron chi connectivity index (χ2n) is 5.68. The van der Waals surface area contributed by atoms with Crippen LogP contribution in [0.15, 0.2) is 59.2 Å². The molecule has 4 aromatic rings. The zero-order valence-corrected chi connectivity index (χ0v) is 14.6. The summed E-state index contributed by atoms with van der Waals surface area (Å²) in [5.74, 6) is 0. The Balaban J connectivity index is 1.79. The predicted molar refractivity (Wildman–Crippen MR) is 102 cm³/mol. The van der Waals surface area contributed by atoms with Gasteiger partial charge >= 0.3 is 0 Å². The quantitative estimate of drug-likeness (QED) is 0.375. The van der Waals surface area contributed by atoms with E-state index in [0.717, 1.165) is 32.0 Å². The third kappa shape index (κ3) is 2.94. The predicted octanol–water partition coefficient (Wildman–Crippen LogP) is 5.00. The third-order valence-corrected chi connectivity index (χ3v) is 4.55. The number of benzene rings is 2. The lowest BCUT2D eigenvalue weighted by molar-refractivity contribution is -0.384. The molecule has 0 aliphatic heterocycles. The maximum absolute atomic E-state index is 11.1. The number of nitrogens with zero attached hydrogens (tertiary/aromatic N) is 2. The molecule has 0 fully saturated rings. The van der Waals surface area contributed by atoms with Gasteiger partial charge in [0, 0.05) is 51.3 Å². The number of fused-ring (bicyclic) bond motifs is 3. The number of nitro benzene ring substituents is 1. The molecule has 0 bridgehead atoms. The third-order valence-electron chi connectivity index (χ3n) is 4.06. The first-order valence-corrected chi connectivity index (χ1v) is 8.44. The van der Waals surface area contributed by atoms with Gasteiger partial charge in [0.2, 0.25) is 0 Å². The largest absolute Gasteiger partial charge is 0.380 e. The van der Waals surface area contributed by atoms with Crippen LogP contribution in [-0.4, -0.2) is 14.9 Å². The Morgan fingerprint density at radius 3 is 2.88 bits per heavy atom. The van der Waals surface area contributed by atoms with E-state index in [4.69, 9.17) is 0 Å². The standard InChI is InChI=1S/C18H13BrN4O2/c19-12-3-1-2-11(8-12)10-21-16-6-7-20-18-17(16)14-9-13(23(24)25)4-5-15(14)22-18/h1-9H,10H2,(H2,20,21,22). The Kier molecular flexibility index (Phi) is 3.85. The Morgan fingerprint density at radius 1 is 1.20 bits per heavy atom. The molecule has 2 aromatic carbocycles. The molecule has 2 N–H and O–H groups in total. The monoisotopic (exact) mass is 396 g/mol. The van der Waals surface area contributed by atoms with Crippen LogP contribution in [0.2, 0.25) is 0 Å². The van der Waals surface area contributed by atoms with Crippen molar-refractivity contribution < 1.29 is 4.92 Å². The number of halogens is 1. The molecular formula is C18H13BrN4O2. The normalized spacial score (nSPS) is 11.1. The van der Waals surface area contributed by atoms with Crippen molar-refractivity contribution in [3.05, 3.63) is 74.9 Å². The van der Waals surface area contributed by atoms with Gasteiger partial charge in [-0.2, -0.15) is 0 Å². The molecule has 4 rings (SSSR count). The Labute approximate surface area is 151 Å². The Morgan fingerprint density at radius 2 is 2.08 bits per heavy atom. The molecule has 0 unspecified atom stereocenters. The van der Waals surface area contributed by atoms with Crippen LogP contribution in [0, 0.1) is 10.1 Å². The zero-order valence-electron chi connectivity index (χ0n) is 13.0. The summed E-state index contributed by atoms with van der Waals surface area (Å²) < 4.78 is 1.02. The molecule has 124 valence electrons. The molecule has 6 nitrogen and oxygen atoms in total. The van der Waals surface area contributed by atoms with E-state index in [9.17, 15) is 10.1 Å². The van der Waals surface area contributed by atoms with Gasteiger partial charge in [-0.05, 0) is 29.8 Å². The van der Waals surface area contributed by atoms with Gasteiger partial charge in [0.05, 0.1) is 4.92 Å². The van der Waals surface area contributed by atoms with Gasteiger partial charge in [0.15, 0.2) is 0 Å². The molecule has 0 aliphatic rings. The topological polar surface area (TPSA) is 83.8 Å². The van der Waals surface area contributed by atoms with Gasteiger partial charge in [-0.1, -0.05) is 28.1 Å². The van der Waals surface area contributed by atoms with Gasteiger partial charge in [-0.15, -0.1) is 0 Å². The summed E-state index contributed by atoms with van der Waals surface area (Å²) in [6.45, 7) is 0.639. The molecule has 0 saturated carbocycles. The molecule has 0 amide bonds. The van der Waals surface area contributed by atoms with Crippen molar-refractivity contribution in [2.75, 3.05) is 5.32 Å². The van der Waals surface area contributed by atoms with Crippen LogP contribution < -0.4 is 5.32 Å². The molecule has 0 spiro atoms. The maximum Gasteiger partial charge on any atom is 0.270 e. The lowest BCUT2D eigenvalue weighted by atomic mass is 10.1. The summed E-state index contributed by atoms with van der Waals surface area (Å²) in [6.07, 6.45) is 1.72. The van der Waals surface area contributed by atoms with Crippen LogP contribution in [0.4, 0.5) is 11.4 Å².